The maximum Gasteiger partial charge on any atom is 0.264 e. The maximum atomic E-state index is 14.1. The maximum absolute atomic E-state index is 14.1. The first-order valence-electron chi connectivity index (χ1n) is 13.5. The van der Waals surface area contributed by atoms with Gasteiger partial charge in [-0.1, -0.05) is 91.5 Å². The molecule has 1 N–H and O–H groups in total. The normalized spacial score (nSPS) is 12.0. The van der Waals surface area contributed by atoms with Crippen LogP contribution in [0.15, 0.2) is 77.7 Å². The molecule has 3 aromatic rings. The highest BCUT2D eigenvalue weighted by Gasteiger charge is 2.34. The Morgan fingerprint density at radius 2 is 1.62 bits per heavy atom. The topological polar surface area (TPSA) is 86.8 Å². The van der Waals surface area contributed by atoms with E-state index in [0.29, 0.717) is 13.0 Å². The van der Waals surface area contributed by atoms with Crippen LogP contribution >= 0.6 is 11.6 Å². The Balaban J connectivity index is 2.05. The molecule has 40 heavy (non-hydrogen) atoms. The first kappa shape index (κ1) is 31.2. The molecule has 7 nitrogen and oxygen atoms in total. The number of sulfonamides is 1. The first-order valence-corrected chi connectivity index (χ1v) is 15.4. The van der Waals surface area contributed by atoms with E-state index >= 15 is 0 Å². The van der Waals surface area contributed by atoms with E-state index in [1.807, 2.05) is 52.0 Å². The van der Waals surface area contributed by atoms with Crippen LogP contribution in [0.1, 0.15) is 49.8 Å². The van der Waals surface area contributed by atoms with E-state index in [1.54, 1.807) is 36.4 Å². The number of hydrogen-bond acceptors (Lipinski definition) is 4. The van der Waals surface area contributed by atoms with Gasteiger partial charge in [-0.3, -0.25) is 13.9 Å². The van der Waals surface area contributed by atoms with Crippen molar-refractivity contribution in [1.29, 1.82) is 0 Å². The number of hydrogen-bond donors (Lipinski definition) is 1. The van der Waals surface area contributed by atoms with Crippen molar-refractivity contribution in [2.75, 3.05) is 17.4 Å². The monoisotopic (exact) mass is 583 g/mol. The second-order valence-electron chi connectivity index (χ2n) is 9.86. The average Bonchev–Trinajstić information content (AvgIpc) is 2.92. The number of amides is 2. The van der Waals surface area contributed by atoms with Crippen LogP contribution in [0, 0.1) is 13.8 Å². The Labute approximate surface area is 243 Å². The van der Waals surface area contributed by atoms with Gasteiger partial charge in [-0.15, -0.1) is 0 Å². The van der Waals surface area contributed by atoms with Crippen LogP contribution in [0.25, 0.3) is 0 Å². The molecule has 1 atom stereocenters. The molecule has 3 rings (SSSR count). The lowest BCUT2D eigenvalue weighted by Crippen LogP contribution is -2.52. The number of rotatable bonds is 13. The average molecular weight is 584 g/mol. The fourth-order valence-electron chi connectivity index (χ4n) is 4.44. The molecule has 0 heterocycles. The summed E-state index contributed by atoms with van der Waals surface area (Å²) in [5.74, 6) is -0.766. The summed E-state index contributed by atoms with van der Waals surface area (Å²) in [5, 5.41) is 3.13. The molecule has 0 radical (unpaired) electrons. The van der Waals surface area contributed by atoms with Crippen molar-refractivity contribution in [3.8, 4) is 0 Å². The number of para-hydroxylation sites is 1. The zero-order valence-electron chi connectivity index (χ0n) is 23.6. The molecule has 214 valence electrons. The Kier molecular flexibility index (Phi) is 11.2. The lowest BCUT2D eigenvalue weighted by atomic mass is 10.1. The summed E-state index contributed by atoms with van der Waals surface area (Å²) in [6, 6.07) is 19.9. The number of carbonyl (C=O) groups excluding carboxylic acids is 2. The number of nitrogens with one attached hydrogen (secondary N) is 1. The van der Waals surface area contributed by atoms with Crippen molar-refractivity contribution in [3.05, 3.63) is 94.5 Å². The standard InChI is InChI=1S/C31H38ClN3O4S/c1-5-7-19-33-31(37)28(6-2)34(21-25-12-10-11-24(4)20-25)30(36)22-35(29-14-9-8-13-27(29)32)40(38,39)26-17-15-23(3)16-18-26/h8-18,20,28H,5-7,19,21-22H2,1-4H3,(H,33,37)/t28-/m0/s1. The van der Waals surface area contributed by atoms with Crippen molar-refractivity contribution < 1.29 is 18.0 Å². The summed E-state index contributed by atoms with van der Waals surface area (Å²) in [4.78, 5) is 28.9. The van der Waals surface area contributed by atoms with Crippen LogP contribution in [0.2, 0.25) is 5.02 Å². The van der Waals surface area contributed by atoms with E-state index in [9.17, 15) is 18.0 Å². The Hall–Kier alpha value is -3.36. The van der Waals surface area contributed by atoms with Crippen LogP contribution in [0.5, 0.6) is 0 Å². The number of aryl methyl sites for hydroxylation is 2. The van der Waals surface area contributed by atoms with Crippen LogP contribution in [0.4, 0.5) is 5.69 Å². The van der Waals surface area contributed by atoms with Crippen molar-refractivity contribution in [1.82, 2.24) is 10.2 Å². The minimum atomic E-state index is -4.17. The number of anilines is 1. The highest BCUT2D eigenvalue weighted by atomic mass is 35.5. The molecule has 0 unspecified atom stereocenters. The fraction of sp³-hybridized carbons (Fsp3) is 0.355. The van der Waals surface area contributed by atoms with Gasteiger partial charge < -0.3 is 10.2 Å². The van der Waals surface area contributed by atoms with Gasteiger partial charge >= 0.3 is 0 Å². The van der Waals surface area contributed by atoms with Crippen LogP contribution in [0.3, 0.4) is 0 Å². The minimum absolute atomic E-state index is 0.0420. The largest absolute Gasteiger partial charge is 0.354 e. The van der Waals surface area contributed by atoms with E-state index < -0.39 is 28.5 Å². The van der Waals surface area contributed by atoms with Gasteiger partial charge in [0.05, 0.1) is 15.6 Å². The summed E-state index contributed by atoms with van der Waals surface area (Å²) in [7, 11) is -4.17. The highest BCUT2D eigenvalue weighted by Crippen LogP contribution is 2.31. The number of halogens is 1. The number of nitrogens with zero attached hydrogens (tertiary/aromatic N) is 2. The molecule has 0 aliphatic carbocycles. The zero-order valence-corrected chi connectivity index (χ0v) is 25.1. The van der Waals surface area contributed by atoms with Crippen molar-refractivity contribution in [3.63, 3.8) is 0 Å². The van der Waals surface area contributed by atoms with E-state index in [4.69, 9.17) is 11.6 Å². The number of benzene rings is 3. The van der Waals surface area contributed by atoms with Gasteiger partial charge in [-0.2, -0.15) is 0 Å². The highest BCUT2D eigenvalue weighted by molar-refractivity contribution is 7.92. The zero-order chi connectivity index (χ0) is 29.3. The molecule has 0 aromatic heterocycles. The molecule has 0 spiro atoms. The van der Waals surface area contributed by atoms with Gasteiger partial charge in [0, 0.05) is 13.1 Å². The van der Waals surface area contributed by atoms with E-state index in [-0.39, 0.29) is 28.1 Å². The van der Waals surface area contributed by atoms with Crippen molar-refractivity contribution >= 4 is 39.1 Å². The predicted molar refractivity (Wildman–Crippen MR) is 161 cm³/mol. The molecule has 0 saturated heterocycles. The fourth-order valence-corrected chi connectivity index (χ4v) is 6.16. The summed E-state index contributed by atoms with van der Waals surface area (Å²) in [6.07, 6.45) is 2.11. The number of carbonyl (C=O) groups is 2. The Bertz CT molecular complexity index is 1410. The first-order chi connectivity index (χ1) is 19.1. The van der Waals surface area contributed by atoms with Crippen LogP contribution < -0.4 is 9.62 Å². The molecule has 0 fully saturated rings. The smallest absolute Gasteiger partial charge is 0.264 e. The third-order valence-electron chi connectivity index (χ3n) is 6.66. The lowest BCUT2D eigenvalue weighted by Gasteiger charge is -2.33. The molecule has 0 bridgehead atoms. The molecule has 0 saturated carbocycles. The molecule has 3 aromatic carbocycles. The molecule has 0 aliphatic rings. The van der Waals surface area contributed by atoms with Crippen molar-refractivity contribution in [2.24, 2.45) is 0 Å². The van der Waals surface area contributed by atoms with Gasteiger partial charge in [0.25, 0.3) is 10.0 Å². The lowest BCUT2D eigenvalue weighted by molar-refractivity contribution is -0.140. The van der Waals surface area contributed by atoms with Crippen LogP contribution in [-0.2, 0) is 26.2 Å². The predicted octanol–water partition coefficient (Wildman–Crippen LogP) is 5.88. The number of unbranched alkanes of at least 4 members (excludes halogenated alkanes) is 1. The summed E-state index contributed by atoms with van der Waals surface area (Å²) >= 11 is 6.46. The van der Waals surface area contributed by atoms with Crippen molar-refractivity contribution in [2.45, 2.75) is 64.4 Å². The van der Waals surface area contributed by atoms with E-state index in [0.717, 1.165) is 33.8 Å². The summed E-state index contributed by atoms with van der Waals surface area (Å²) < 4.78 is 28.9. The Morgan fingerprint density at radius 1 is 0.925 bits per heavy atom. The van der Waals surface area contributed by atoms with Gasteiger partial charge in [-0.25, -0.2) is 8.42 Å². The molecule has 9 heteroatoms. The van der Waals surface area contributed by atoms with Crippen LogP contribution in [-0.4, -0.2) is 44.3 Å². The second kappa shape index (κ2) is 14.3. The SMILES string of the molecule is CCCCNC(=O)[C@H](CC)N(Cc1cccc(C)c1)C(=O)CN(c1ccccc1Cl)S(=O)(=O)c1ccc(C)cc1. The Morgan fingerprint density at radius 3 is 2.25 bits per heavy atom. The summed E-state index contributed by atoms with van der Waals surface area (Å²) in [5.41, 5.74) is 2.96. The molecule has 2 amide bonds. The van der Waals surface area contributed by atoms with E-state index in [1.165, 1.54) is 17.0 Å². The van der Waals surface area contributed by atoms with Gasteiger partial charge in [-0.05, 0) is 56.5 Å². The van der Waals surface area contributed by atoms with Gasteiger partial charge in [0.1, 0.15) is 12.6 Å². The molecule has 0 aliphatic heterocycles. The second-order valence-corrected chi connectivity index (χ2v) is 12.1. The third kappa shape index (κ3) is 7.86. The quantitative estimate of drug-likeness (QED) is 0.255. The molecular formula is C31H38ClN3O4S. The summed E-state index contributed by atoms with van der Waals surface area (Å²) in [6.45, 7) is 7.84. The van der Waals surface area contributed by atoms with Gasteiger partial charge in [0.15, 0.2) is 0 Å². The third-order valence-corrected chi connectivity index (χ3v) is 8.75. The van der Waals surface area contributed by atoms with Gasteiger partial charge in [0.2, 0.25) is 11.8 Å². The van der Waals surface area contributed by atoms with E-state index in [2.05, 4.69) is 5.32 Å². The molecular weight excluding hydrogens is 546 g/mol. The minimum Gasteiger partial charge on any atom is -0.354 e.